The molecule has 2 N–H and O–H groups in total. The van der Waals surface area contributed by atoms with Crippen molar-refractivity contribution in [2.45, 2.75) is 82.8 Å². The zero-order valence-corrected chi connectivity index (χ0v) is 25.7. The van der Waals surface area contributed by atoms with Crippen LogP contribution >= 0.6 is 23.1 Å². The quantitative estimate of drug-likeness (QED) is 0.206. The molecule has 2 amide bonds. The first kappa shape index (κ1) is 31.3. The van der Waals surface area contributed by atoms with Crippen molar-refractivity contribution in [3.63, 3.8) is 0 Å². The summed E-state index contributed by atoms with van der Waals surface area (Å²) in [5.74, 6) is -1.14. The van der Waals surface area contributed by atoms with Gasteiger partial charge in [-0.25, -0.2) is 9.59 Å². The summed E-state index contributed by atoms with van der Waals surface area (Å²) >= 11 is 2.22. The lowest BCUT2D eigenvalue weighted by Gasteiger charge is -2.26. The summed E-state index contributed by atoms with van der Waals surface area (Å²) in [6, 6.07) is 3.37. The Morgan fingerprint density at radius 3 is 2.50 bits per heavy atom. The molecular weight excluding hydrogens is 582 g/mol. The Balaban J connectivity index is 1.53. The van der Waals surface area contributed by atoms with Crippen LogP contribution in [0.5, 0.6) is 0 Å². The lowest BCUT2D eigenvalue weighted by molar-refractivity contribution is -0.115. The summed E-state index contributed by atoms with van der Waals surface area (Å²) in [5.41, 5.74) is 0.529. The van der Waals surface area contributed by atoms with Crippen LogP contribution in [0.25, 0.3) is 0 Å². The molecule has 0 aliphatic heterocycles. The Kier molecular flexibility index (Phi) is 10.8. The molecule has 14 heteroatoms. The van der Waals surface area contributed by atoms with Gasteiger partial charge in [-0.3, -0.25) is 9.59 Å². The summed E-state index contributed by atoms with van der Waals surface area (Å²) in [6.45, 7) is 7.20. The van der Waals surface area contributed by atoms with Gasteiger partial charge in [-0.2, -0.15) is 0 Å². The maximum Gasteiger partial charge on any atom is 0.348 e. The van der Waals surface area contributed by atoms with Gasteiger partial charge in [0.2, 0.25) is 5.91 Å². The SMILES string of the molecule is CCOC(=O)c1sc(NC(=O)[C@H](C)Sc2nnc(CNC(=O)c3ccco3)n2C2CCCCC2)c(C(=O)OCC)c1C. The fourth-order valence-electron chi connectivity index (χ4n) is 4.74. The molecule has 0 bridgehead atoms. The molecule has 0 aromatic carbocycles. The minimum Gasteiger partial charge on any atom is -0.462 e. The summed E-state index contributed by atoms with van der Waals surface area (Å²) < 4.78 is 17.5. The van der Waals surface area contributed by atoms with Crippen LogP contribution in [0.3, 0.4) is 0 Å². The Hall–Kier alpha value is -3.65. The van der Waals surface area contributed by atoms with Gasteiger partial charge in [0.25, 0.3) is 5.91 Å². The van der Waals surface area contributed by atoms with Crippen LogP contribution in [-0.4, -0.2) is 57.0 Å². The lowest BCUT2D eigenvalue weighted by Crippen LogP contribution is -2.27. The number of ether oxygens (including phenoxy) is 2. The minimum atomic E-state index is -0.634. The van der Waals surface area contributed by atoms with Gasteiger partial charge in [-0.05, 0) is 58.2 Å². The molecule has 226 valence electrons. The predicted octanol–water partition coefficient (Wildman–Crippen LogP) is 5.15. The van der Waals surface area contributed by atoms with Crippen molar-refractivity contribution in [2.24, 2.45) is 0 Å². The second kappa shape index (κ2) is 14.5. The first-order chi connectivity index (χ1) is 20.2. The van der Waals surface area contributed by atoms with Crippen LogP contribution in [0.2, 0.25) is 0 Å². The monoisotopic (exact) mass is 617 g/mol. The second-order valence-electron chi connectivity index (χ2n) is 9.67. The van der Waals surface area contributed by atoms with E-state index in [0.29, 0.717) is 16.5 Å². The standard InChI is InChI=1S/C28H35N5O7S2/c1-5-38-26(36)21-16(3)22(27(37)39-6-2)42-25(21)30-23(34)17(4)41-28-32-31-20(33(28)18-11-8-7-9-12-18)15-29-24(35)19-13-10-14-40-19/h10,13-14,17-18H,5-9,11-12,15H2,1-4H3,(H,29,35)(H,30,34)/t17-/m0/s1. The number of esters is 2. The average Bonchev–Trinajstić information content (AvgIpc) is 3.72. The number of nitrogens with zero attached hydrogens (tertiary/aromatic N) is 3. The maximum absolute atomic E-state index is 13.4. The van der Waals surface area contributed by atoms with Crippen molar-refractivity contribution < 1.29 is 33.1 Å². The summed E-state index contributed by atoms with van der Waals surface area (Å²) in [4.78, 5) is 51.3. The normalized spacial score (nSPS) is 14.3. The van der Waals surface area contributed by atoms with E-state index in [4.69, 9.17) is 13.9 Å². The van der Waals surface area contributed by atoms with Crippen LogP contribution < -0.4 is 10.6 Å². The molecule has 1 fully saturated rings. The smallest absolute Gasteiger partial charge is 0.348 e. The number of nitrogens with one attached hydrogen (secondary N) is 2. The number of aromatic nitrogens is 3. The maximum atomic E-state index is 13.4. The average molecular weight is 618 g/mol. The number of thiophene rings is 1. The first-order valence-electron chi connectivity index (χ1n) is 14.0. The molecule has 0 radical (unpaired) electrons. The van der Waals surface area contributed by atoms with Crippen LogP contribution in [0, 0.1) is 6.92 Å². The number of furan rings is 1. The van der Waals surface area contributed by atoms with Gasteiger partial charge >= 0.3 is 11.9 Å². The Morgan fingerprint density at radius 2 is 1.83 bits per heavy atom. The Morgan fingerprint density at radius 1 is 1.12 bits per heavy atom. The number of amides is 2. The lowest BCUT2D eigenvalue weighted by atomic mass is 9.95. The van der Waals surface area contributed by atoms with Crippen LogP contribution in [-0.2, 0) is 20.8 Å². The molecule has 0 saturated heterocycles. The molecule has 0 unspecified atom stereocenters. The number of rotatable bonds is 12. The Labute approximate surface area is 251 Å². The summed E-state index contributed by atoms with van der Waals surface area (Å²) in [6.07, 6.45) is 6.61. The molecule has 3 heterocycles. The van der Waals surface area contributed by atoms with E-state index in [0.717, 1.165) is 43.4 Å². The van der Waals surface area contributed by atoms with Crippen molar-refractivity contribution in [3.05, 3.63) is 46.0 Å². The molecule has 1 aliphatic carbocycles. The second-order valence-corrected chi connectivity index (χ2v) is 12.0. The van der Waals surface area contributed by atoms with E-state index in [2.05, 4.69) is 20.8 Å². The van der Waals surface area contributed by atoms with Gasteiger partial charge in [0.1, 0.15) is 9.88 Å². The zero-order chi connectivity index (χ0) is 30.2. The minimum absolute atomic E-state index is 0.135. The topological polar surface area (TPSA) is 155 Å². The number of anilines is 1. The van der Waals surface area contributed by atoms with Crippen molar-refractivity contribution >= 4 is 51.9 Å². The predicted molar refractivity (Wildman–Crippen MR) is 157 cm³/mol. The van der Waals surface area contributed by atoms with E-state index in [1.54, 1.807) is 39.8 Å². The largest absolute Gasteiger partial charge is 0.462 e. The first-order valence-corrected chi connectivity index (χ1v) is 15.6. The third-order valence-corrected chi connectivity index (χ3v) is 9.05. The number of carbonyl (C=O) groups is 4. The van der Waals surface area contributed by atoms with Crippen molar-refractivity contribution in [2.75, 3.05) is 18.5 Å². The highest BCUT2D eigenvalue weighted by Gasteiger charge is 2.30. The molecule has 0 spiro atoms. The van der Waals surface area contributed by atoms with Gasteiger partial charge in [-0.15, -0.1) is 21.5 Å². The third kappa shape index (κ3) is 7.21. The van der Waals surface area contributed by atoms with E-state index in [-0.39, 0.29) is 58.8 Å². The van der Waals surface area contributed by atoms with E-state index >= 15 is 0 Å². The molecule has 1 saturated carbocycles. The number of hydrogen-bond acceptors (Lipinski definition) is 11. The highest BCUT2D eigenvalue weighted by Crippen LogP contribution is 2.37. The van der Waals surface area contributed by atoms with Crippen molar-refractivity contribution in [1.82, 2.24) is 20.1 Å². The third-order valence-electron chi connectivity index (χ3n) is 6.80. The molecule has 12 nitrogen and oxygen atoms in total. The van der Waals surface area contributed by atoms with Crippen LogP contribution in [0.1, 0.15) is 101 Å². The fraction of sp³-hybridized carbons (Fsp3) is 0.500. The van der Waals surface area contributed by atoms with Gasteiger partial charge in [-0.1, -0.05) is 31.0 Å². The van der Waals surface area contributed by atoms with Gasteiger partial charge in [0.15, 0.2) is 16.7 Å². The van der Waals surface area contributed by atoms with E-state index < -0.39 is 17.2 Å². The number of carbonyl (C=O) groups excluding carboxylic acids is 4. The molecule has 3 aromatic rings. The number of thioether (sulfide) groups is 1. The van der Waals surface area contributed by atoms with Crippen LogP contribution in [0.15, 0.2) is 28.0 Å². The molecule has 1 aliphatic rings. The van der Waals surface area contributed by atoms with E-state index in [9.17, 15) is 19.2 Å². The zero-order valence-electron chi connectivity index (χ0n) is 24.1. The fourth-order valence-corrected chi connectivity index (χ4v) is 6.77. The number of hydrogen-bond donors (Lipinski definition) is 2. The highest BCUT2D eigenvalue weighted by molar-refractivity contribution is 8.00. The van der Waals surface area contributed by atoms with Crippen molar-refractivity contribution in [3.8, 4) is 0 Å². The Bertz CT molecular complexity index is 1410. The van der Waals surface area contributed by atoms with E-state index in [1.165, 1.54) is 18.0 Å². The van der Waals surface area contributed by atoms with Crippen LogP contribution in [0.4, 0.5) is 5.00 Å². The van der Waals surface area contributed by atoms with Gasteiger partial charge < -0.3 is 29.1 Å². The highest BCUT2D eigenvalue weighted by atomic mass is 32.2. The summed E-state index contributed by atoms with van der Waals surface area (Å²) in [7, 11) is 0. The van der Waals surface area contributed by atoms with Gasteiger partial charge in [0.05, 0.1) is 36.8 Å². The molecule has 42 heavy (non-hydrogen) atoms. The molecule has 3 aromatic heterocycles. The molecule has 1 atom stereocenters. The van der Waals surface area contributed by atoms with E-state index in [1.807, 2.05) is 4.57 Å². The molecule has 4 rings (SSSR count). The molecular formula is C28H35N5O7S2. The van der Waals surface area contributed by atoms with Gasteiger partial charge in [0, 0.05) is 6.04 Å². The summed E-state index contributed by atoms with van der Waals surface area (Å²) in [5, 5.41) is 14.5. The van der Waals surface area contributed by atoms with Crippen molar-refractivity contribution in [1.29, 1.82) is 0 Å².